The van der Waals surface area contributed by atoms with Crippen LogP contribution in [0.15, 0.2) is 36.4 Å². The van der Waals surface area contributed by atoms with E-state index in [2.05, 4.69) is 62.3 Å². The number of fused-ring (bicyclic) bond motifs is 1. The molecule has 0 radical (unpaired) electrons. The van der Waals surface area contributed by atoms with Crippen molar-refractivity contribution in [3.63, 3.8) is 0 Å². The first-order valence-electron chi connectivity index (χ1n) is 6.36. The van der Waals surface area contributed by atoms with Crippen LogP contribution in [0.1, 0.15) is 24.5 Å². The molecule has 0 amide bonds. The minimum Gasteiger partial charge on any atom is -0.305 e. The van der Waals surface area contributed by atoms with Gasteiger partial charge in [0.15, 0.2) is 0 Å². The number of benzene rings is 2. The van der Waals surface area contributed by atoms with Gasteiger partial charge in [-0.1, -0.05) is 49.7 Å². The van der Waals surface area contributed by atoms with Gasteiger partial charge in [-0.3, -0.25) is 0 Å². The van der Waals surface area contributed by atoms with E-state index in [0.717, 1.165) is 6.54 Å². The molecule has 0 fully saturated rings. The zero-order valence-corrected chi connectivity index (χ0v) is 11.0. The van der Waals surface area contributed by atoms with Crippen molar-refractivity contribution in [2.45, 2.75) is 26.3 Å². The molecule has 0 spiro atoms. The van der Waals surface area contributed by atoms with Crippen LogP contribution in [0.5, 0.6) is 0 Å². The Hall–Kier alpha value is -1.34. The van der Waals surface area contributed by atoms with Gasteiger partial charge < -0.3 is 4.90 Å². The summed E-state index contributed by atoms with van der Waals surface area (Å²) in [5.41, 5.74) is 2.90. The van der Waals surface area contributed by atoms with Crippen LogP contribution in [-0.2, 0) is 13.0 Å². The van der Waals surface area contributed by atoms with Crippen LogP contribution in [0.3, 0.4) is 0 Å². The van der Waals surface area contributed by atoms with Crippen molar-refractivity contribution in [2.24, 2.45) is 0 Å². The first-order chi connectivity index (χ1) is 8.22. The van der Waals surface area contributed by atoms with E-state index in [9.17, 15) is 0 Å². The van der Waals surface area contributed by atoms with Gasteiger partial charge in [0.25, 0.3) is 0 Å². The van der Waals surface area contributed by atoms with Gasteiger partial charge in [0.2, 0.25) is 0 Å². The highest BCUT2D eigenvalue weighted by molar-refractivity contribution is 5.88. The van der Waals surface area contributed by atoms with Crippen LogP contribution < -0.4 is 0 Å². The summed E-state index contributed by atoms with van der Waals surface area (Å²) in [4.78, 5) is 2.22. The molecule has 1 heteroatoms. The standard InChI is InChI=1S/C16H21N/c1-4-7-13-10-11-14(12-17(2)3)16-9-6-5-8-15(13)16/h5-6,8-11H,4,7,12H2,1-3H3. The van der Waals surface area contributed by atoms with Gasteiger partial charge in [-0.05, 0) is 42.4 Å². The number of hydrogen-bond acceptors (Lipinski definition) is 1. The van der Waals surface area contributed by atoms with E-state index in [1.165, 1.54) is 34.7 Å². The van der Waals surface area contributed by atoms with Crippen LogP contribution in [0, 0.1) is 0 Å². The molecule has 2 aromatic carbocycles. The number of rotatable bonds is 4. The highest BCUT2D eigenvalue weighted by Gasteiger charge is 2.05. The lowest BCUT2D eigenvalue weighted by Gasteiger charge is -2.14. The third-order valence-corrected chi connectivity index (χ3v) is 3.11. The largest absolute Gasteiger partial charge is 0.305 e. The monoisotopic (exact) mass is 227 g/mol. The summed E-state index contributed by atoms with van der Waals surface area (Å²) >= 11 is 0. The van der Waals surface area contributed by atoms with Gasteiger partial charge in [-0.25, -0.2) is 0 Å². The van der Waals surface area contributed by atoms with Crippen LogP contribution in [0.4, 0.5) is 0 Å². The highest BCUT2D eigenvalue weighted by atomic mass is 15.0. The molecule has 0 aliphatic carbocycles. The van der Waals surface area contributed by atoms with Gasteiger partial charge in [0.05, 0.1) is 0 Å². The lowest BCUT2D eigenvalue weighted by molar-refractivity contribution is 0.404. The zero-order valence-electron chi connectivity index (χ0n) is 11.0. The van der Waals surface area contributed by atoms with Crippen molar-refractivity contribution < 1.29 is 0 Å². The molecule has 0 saturated carbocycles. The van der Waals surface area contributed by atoms with Crippen molar-refractivity contribution in [1.29, 1.82) is 0 Å². The quantitative estimate of drug-likeness (QED) is 0.766. The predicted molar refractivity (Wildman–Crippen MR) is 75.3 cm³/mol. The van der Waals surface area contributed by atoms with E-state index < -0.39 is 0 Å². The molecule has 2 rings (SSSR count). The molecule has 2 aromatic rings. The molecule has 0 unspecified atom stereocenters. The predicted octanol–water partition coefficient (Wildman–Crippen LogP) is 3.85. The Morgan fingerprint density at radius 2 is 1.47 bits per heavy atom. The van der Waals surface area contributed by atoms with E-state index in [-0.39, 0.29) is 0 Å². The molecule has 17 heavy (non-hydrogen) atoms. The Morgan fingerprint density at radius 3 is 2.06 bits per heavy atom. The highest BCUT2D eigenvalue weighted by Crippen LogP contribution is 2.24. The Balaban J connectivity index is 2.54. The molecular formula is C16H21N. The Morgan fingerprint density at radius 1 is 0.882 bits per heavy atom. The normalized spacial score (nSPS) is 11.3. The summed E-state index contributed by atoms with van der Waals surface area (Å²) in [6, 6.07) is 13.4. The number of nitrogens with zero attached hydrogens (tertiary/aromatic N) is 1. The SMILES string of the molecule is CCCc1ccc(CN(C)C)c2ccccc12. The van der Waals surface area contributed by atoms with Crippen LogP contribution in [0.2, 0.25) is 0 Å². The van der Waals surface area contributed by atoms with Gasteiger partial charge >= 0.3 is 0 Å². The van der Waals surface area contributed by atoms with Gasteiger partial charge in [0.1, 0.15) is 0 Å². The zero-order chi connectivity index (χ0) is 12.3. The molecule has 0 aliphatic rings. The average molecular weight is 227 g/mol. The summed E-state index contributed by atoms with van der Waals surface area (Å²) in [5, 5.41) is 2.83. The number of hydrogen-bond donors (Lipinski definition) is 0. The van der Waals surface area contributed by atoms with E-state index in [1.54, 1.807) is 0 Å². The molecule has 0 N–H and O–H groups in total. The van der Waals surface area contributed by atoms with Crippen molar-refractivity contribution in [3.05, 3.63) is 47.5 Å². The molecule has 0 bridgehead atoms. The summed E-state index contributed by atoms with van der Waals surface area (Å²) in [5.74, 6) is 0. The third-order valence-electron chi connectivity index (χ3n) is 3.11. The second-order valence-electron chi connectivity index (χ2n) is 4.92. The maximum Gasteiger partial charge on any atom is 0.0233 e. The molecule has 0 aromatic heterocycles. The molecule has 0 heterocycles. The Kier molecular flexibility index (Phi) is 3.80. The first-order valence-corrected chi connectivity index (χ1v) is 6.36. The number of aryl methyl sites for hydroxylation is 1. The van der Waals surface area contributed by atoms with Crippen molar-refractivity contribution in [3.8, 4) is 0 Å². The second kappa shape index (κ2) is 5.33. The molecule has 90 valence electrons. The molecule has 1 nitrogen and oxygen atoms in total. The van der Waals surface area contributed by atoms with Gasteiger partial charge in [-0.2, -0.15) is 0 Å². The van der Waals surface area contributed by atoms with Gasteiger partial charge in [0, 0.05) is 6.54 Å². The summed E-state index contributed by atoms with van der Waals surface area (Å²) in [6.07, 6.45) is 2.37. The topological polar surface area (TPSA) is 3.24 Å². The first kappa shape index (κ1) is 12.1. The lowest BCUT2D eigenvalue weighted by Crippen LogP contribution is -2.11. The lowest BCUT2D eigenvalue weighted by atomic mass is 9.97. The molecule has 0 saturated heterocycles. The Labute approximate surface area is 104 Å². The Bertz CT molecular complexity index is 500. The third kappa shape index (κ3) is 2.67. The molecular weight excluding hydrogens is 206 g/mol. The summed E-state index contributed by atoms with van der Waals surface area (Å²) in [7, 11) is 4.24. The van der Waals surface area contributed by atoms with Gasteiger partial charge in [-0.15, -0.1) is 0 Å². The van der Waals surface area contributed by atoms with Crippen molar-refractivity contribution in [2.75, 3.05) is 14.1 Å². The minimum atomic E-state index is 1.01. The van der Waals surface area contributed by atoms with E-state index in [4.69, 9.17) is 0 Å². The fraction of sp³-hybridized carbons (Fsp3) is 0.375. The fourth-order valence-corrected chi connectivity index (χ4v) is 2.39. The summed E-state index contributed by atoms with van der Waals surface area (Å²) in [6.45, 7) is 3.25. The molecule has 0 atom stereocenters. The second-order valence-corrected chi connectivity index (χ2v) is 4.92. The minimum absolute atomic E-state index is 1.01. The maximum atomic E-state index is 2.30. The summed E-state index contributed by atoms with van der Waals surface area (Å²) < 4.78 is 0. The van der Waals surface area contributed by atoms with E-state index in [1.807, 2.05) is 0 Å². The van der Waals surface area contributed by atoms with Crippen LogP contribution in [-0.4, -0.2) is 19.0 Å². The average Bonchev–Trinajstić information content (AvgIpc) is 2.32. The van der Waals surface area contributed by atoms with Crippen molar-refractivity contribution in [1.82, 2.24) is 4.90 Å². The fourth-order valence-electron chi connectivity index (χ4n) is 2.39. The maximum absolute atomic E-state index is 2.30. The van der Waals surface area contributed by atoms with Crippen molar-refractivity contribution >= 4 is 10.8 Å². The van der Waals surface area contributed by atoms with E-state index >= 15 is 0 Å². The van der Waals surface area contributed by atoms with Crippen LogP contribution in [0.25, 0.3) is 10.8 Å². The molecule has 0 aliphatic heterocycles. The van der Waals surface area contributed by atoms with E-state index in [0.29, 0.717) is 0 Å². The van der Waals surface area contributed by atoms with Crippen LogP contribution >= 0.6 is 0 Å². The smallest absolute Gasteiger partial charge is 0.0233 e.